The van der Waals surface area contributed by atoms with Crippen LogP contribution >= 0.6 is 11.3 Å². The van der Waals surface area contributed by atoms with E-state index in [1.807, 2.05) is 0 Å². The van der Waals surface area contributed by atoms with Crippen molar-refractivity contribution in [2.45, 2.75) is 70.0 Å². The average Bonchev–Trinajstić information content (AvgIpc) is 3.13. The molecule has 0 bridgehead atoms. The van der Waals surface area contributed by atoms with E-state index in [4.69, 9.17) is 23.7 Å². The van der Waals surface area contributed by atoms with Crippen LogP contribution in [0.15, 0.2) is 11.6 Å². The fraction of sp³-hybridized carbons (Fsp3) is 0.733. The highest BCUT2D eigenvalue weighted by molar-refractivity contribution is 7.13. The highest BCUT2D eigenvalue weighted by Gasteiger charge is 2.62. The SMILES string of the molecule is CC1(C)O[C@H]2[C@@H](O1)[C@@H](C(=O)Nc1nccs1)O[C@@H]1OC(C)(C)O[C@@H]12. The Labute approximate surface area is 143 Å². The Balaban J connectivity index is 1.59. The number of rotatable bonds is 2. The van der Waals surface area contributed by atoms with Gasteiger partial charge in [0, 0.05) is 11.6 Å². The van der Waals surface area contributed by atoms with Gasteiger partial charge in [-0.05, 0) is 27.7 Å². The minimum atomic E-state index is -0.876. The predicted molar refractivity (Wildman–Crippen MR) is 83.3 cm³/mol. The molecule has 3 aliphatic heterocycles. The van der Waals surface area contributed by atoms with Gasteiger partial charge < -0.3 is 23.7 Å². The summed E-state index contributed by atoms with van der Waals surface area (Å²) >= 11 is 1.33. The summed E-state index contributed by atoms with van der Waals surface area (Å²) in [6, 6.07) is 0. The maximum Gasteiger partial charge on any atom is 0.258 e. The first kappa shape index (κ1) is 16.4. The van der Waals surface area contributed by atoms with Gasteiger partial charge in [-0.25, -0.2) is 4.98 Å². The lowest BCUT2D eigenvalue weighted by Crippen LogP contribution is -2.58. The normalized spacial score (nSPS) is 39.2. The van der Waals surface area contributed by atoms with Crippen LogP contribution in [0.2, 0.25) is 0 Å². The third-order valence-corrected chi connectivity index (χ3v) is 4.76. The Morgan fingerprint density at radius 3 is 2.46 bits per heavy atom. The van der Waals surface area contributed by atoms with Gasteiger partial charge in [0.15, 0.2) is 29.1 Å². The Kier molecular flexibility index (Phi) is 3.72. The lowest BCUT2D eigenvalue weighted by molar-refractivity contribution is -0.229. The van der Waals surface area contributed by atoms with Crippen LogP contribution in [0.5, 0.6) is 0 Å². The molecule has 0 spiro atoms. The number of thiazole rings is 1. The highest BCUT2D eigenvalue weighted by Crippen LogP contribution is 2.44. The number of aromatic nitrogens is 1. The van der Waals surface area contributed by atoms with Gasteiger partial charge in [-0.1, -0.05) is 0 Å². The van der Waals surface area contributed by atoms with Gasteiger partial charge in [0.05, 0.1) is 0 Å². The molecular weight excluding hydrogens is 336 g/mol. The van der Waals surface area contributed by atoms with Crippen LogP contribution in [0.3, 0.4) is 0 Å². The van der Waals surface area contributed by atoms with E-state index in [-0.39, 0.29) is 5.91 Å². The minimum Gasteiger partial charge on any atom is -0.342 e. The molecule has 1 aromatic rings. The van der Waals surface area contributed by atoms with Gasteiger partial charge in [0.25, 0.3) is 5.91 Å². The zero-order valence-corrected chi connectivity index (χ0v) is 14.7. The summed E-state index contributed by atoms with van der Waals surface area (Å²) in [5.41, 5.74) is 0. The predicted octanol–water partition coefficient (Wildman–Crippen LogP) is 1.48. The number of hydrogen-bond acceptors (Lipinski definition) is 8. The monoisotopic (exact) mass is 356 g/mol. The summed E-state index contributed by atoms with van der Waals surface area (Å²) in [7, 11) is 0. The second kappa shape index (κ2) is 5.45. The van der Waals surface area contributed by atoms with Crippen molar-refractivity contribution < 1.29 is 28.5 Å². The zero-order valence-electron chi connectivity index (χ0n) is 13.8. The molecule has 5 atom stereocenters. The summed E-state index contributed by atoms with van der Waals surface area (Å²) in [5.74, 6) is -1.98. The number of amides is 1. The fourth-order valence-corrected chi connectivity index (χ4v) is 3.82. The molecular formula is C15H20N2O6S. The molecule has 3 fully saturated rings. The quantitative estimate of drug-likeness (QED) is 0.858. The molecule has 24 heavy (non-hydrogen) atoms. The fourth-order valence-electron chi connectivity index (χ4n) is 3.29. The second-order valence-electron chi connectivity index (χ2n) is 6.92. The van der Waals surface area contributed by atoms with Gasteiger partial charge in [0.2, 0.25) is 0 Å². The van der Waals surface area contributed by atoms with Crippen molar-refractivity contribution in [1.82, 2.24) is 4.98 Å². The number of nitrogens with one attached hydrogen (secondary N) is 1. The Morgan fingerprint density at radius 2 is 1.75 bits per heavy atom. The van der Waals surface area contributed by atoms with Crippen LogP contribution in [0, 0.1) is 0 Å². The molecule has 0 unspecified atom stereocenters. The van der Waals surface area contributed by atoms with Crippen molar-refractivity contribution in [3.63, 3.8) is 0 Å². The number of nitrogens with zero attached hydrogens (tertiary/aromatic N) is 1. The lowest BCUT2D eigenvalue weighted by atomic mass is 9.98. The number of carbonyl (C=O) groups excluding carboxylic acids is 1. The molecule has 0 saturated carbocycles. The minimum absolute atomic E-state index is 0.340. The van der Waals surface area contributed by atoms with Crippen LogP contribution in [-0.2, 0) is 28.5 Å². The summed E-state index contributed by atoms with van der Waals surface area (Å²) in [6.45, 7) is 7.21. The van der Waals surface area contributed by atoms with Crippen molar-refractivity contribution in [3.8, 4) is 0 Å². The van der Waals surface area contributed by atoms with Crippen molar-refractivity contribution in [1.29, 1.82) is 0 Å². The third-order valence-electron chi connectivity index (χ3n) is 4.08. The average molecular weight is 356 g/mol. The van der Waals surface area contributed by atoms with Gasteiger partial charge >= 0.3 is 0 Å². The van der Waals surface area contributed by atoms with E-state index in [9.17, 15) is 4.79 Å². The summed E-state index contributed by atoms with van der Waals surface area (Å²) in [5, 5.41) is 5.03. The number of anilines is 1. The van der Waals surface area contributed by atoms with E-state index < -0.39 is 42.3 Å². The van der Waals surface area contributed by atoms with Gasteiger partial charge in [-0.15, -0.1) is 11.3 Å². The molecule has 0 aromatic carbocycles. The Morgan fingerprint density at radius 1 is 1.08 bits per heavy atom. The molecule has 1 amide bonds. The van der Waals surface area contributed by atoms with Crippen LogP contribution in [-0.4, -0.2) is 53.2 Å². The molecule has 3 aliphatic rings. The lowest BCUT2D eigenvalue weighted by Gasteiger charge is -2.36. The molecule has 3 saturated heterocycles. The molecule has 9 heteroatoms. The van der Waals surface area contributed by atoms with Gasteiger partial charge in [-0.2, -0.15) is 0 Å². The molecule has 4 heterocycles. The molecule has 0 aliphatic carbocycles. The first-order valence-electron chi connectivity index (χ1n) is 7.81. The van der Waals surface area contributed by atoms with Gasteiger partial charge in [-0.3, -0.25) is 10.1 Å². The molecule has 1 aromatic heterocycles. The number of fused-ring (bicyclic) bond motifs is 3. The Hall–Kier alpha value is -1.10. The highest BCUT2D eigenvalue weighted by atomic mass is 32.1. The van der Waals surface area contributed by atoms with Crippen LogP contribution < -0.4 is 5.32 Å². The second-order valence-corrected chi connectivity index (χ2v) is 7.81. The number of ether oxygens (including phenoxy) is 5. The Bertz CT molecular complexity index is 634. The number of hydrogen-bond donors (Lipinski definition) is 1. The van der Waals surface area contributed by atoms with Crippen molar-refractivity contribution >= 4 is 22.4 Å². The van der Waals surface area contributed by atoms with Crippen LogP contribution in [0.4, 0.5) is 5.13 Å². The number of carbonyl (C=O) groups is 1. The maximum atomic E-state index is 12.7. The van der Waals surface area contributed by atoms with Crippen LogP contribution in [0.1, 0.15) is 27.7 Å². The van der Waals surface area contributed by atoms with Gasteiger partial charge in [0.1, 0.15) is 18.3 Å². The third kappa shape index (κ3) is 2.85. The van der Waals surface area contributed by atoms with E-state index >= 15 is 0 Å². The summed E-state index contributed by atoms with van der Waals surface area (Å²) in [4.78, 5) is 16.7. The van der Waals surface area contributed by atoms with E-state index in [1.54, 1.807) is 39.3 Å². The first-order valence-corrected chi connectivity index (χ1v) is 8.69. The molecule has 1 N–H and O–H groups in total. The topological polar surface area (TPSA) is 88.1 Å². The smallest absolute Gasteiger partial charge is 0.258 e. The van der Waals surface area contributed by atoms with E-state index in [0.29, 0.717) is 5.13 Å². The zero-order chi connectivity index (χ0) is 17.1. The van der Waals surface area contributed by atoms with Crippen LogP contribution in [0.25, 0.3) is 0 Å². The standard InChI is InChI=1S/C15H20N2O6S/c1-14(2)20-7-8(21-14)10-12(23-15(3,4)22-10)19-9(7)11(18)17-13-16-5-6-24-13/h5-10,12H,1-4H3,(H,16,17,18)/t7-,8+,9+,10-,12-/m1/s1. The first-order chi connectivity index (χ1) is 11.2. The van der Waals surface area contributed by atoms with Crippen molar-refractivity contribution in [2.24, 2.45) is 0 Å². The van der Waals surface area contributed by atoms with E-state index in [0.717, 1.165) is 0 Å². The van der Waals surface area contributed by atoms with E-state index in [1.165, 1.54) is 11.3 Å². The van der Waals surface area contributed by atoms with Crippen molar-refractivity contribution in [3.05, 3.63) is 11.6 Å². The molecule has 132 valence electrons. The molecule has 4 rings (SSSR count). The van der Waals surface area contributed by atoms with E-state index in [2.05, 4.69) is 10.3 Å². The molecule has 8 nitrogen and oxygen atoms in total. The maximum absolute atomic E-state index is 12.7. The summed E-state index contributed by atoms with van der Waals surface area (Å²) < 4.78 is 29.4. The van der Waals surface area contributed by atoms with Crippen molar-refractivity contribution in [2.75, 3.05) is 5.32 Å². The summed E-state index contributed by atoms with van der Waals surface area (Å²) in [6.07, 6.45) is -1.43. The molecule has 0 radical (unpaired) electrons. The largest absolute Gasteiger partial charge is 0.342 e.